The quantitative estimate of drug-likeness (QED) is 0.942. The molecule has 5 heteroatoms. The number of hydrogen-bond donors (Lipinski definition) is 1. The molecule has 0 aliphatic heterocycles. The Kier molecular flexibility index (Phi) is 3.20. The van der Waals surface area contributed by atoms with Crippen LogP contribution < -0.4 is 4.72 Å². The third-order valence-electron chi connectivity index (χ3n) is 3.31. The highest BCUT2D eigenvalue weighted by atomic mass is 32.2. The summed E-state index contributed by atoms with van der Waals surface area (Å²) in [7, 11) is -3.39. The van der Waals surface area contributed by atoms with Crippen molar-refractivity contribution in [2.24, 2.45) is 0 Å². The van der Waals surface area contributed by atoms with Gasteiger partial charge in [-0.05, 0) is 42.5 Å². The second kappa shape index (κ2) is 4.74. The van der Waals surface area contributed by atoms with Crippen LogP contribution in [0.4, 0.5) is 0 Å². The van der Waals surface area contributed by atoms with Gasteiger partial charge < -0.3 is 0 Å². The van der Waals surface area contributed by atoms with E-state index in [0.29, 0.717) is 10.8 Å². The second-order valence-electron chi connectivity index (χ2n) is 4.90. The van der Waals surface area contributed by atoms with E-state index in [9.17, 15) is 8.42 Å². The summed E-state index contributed by atoms with van der Waals surface area (Å²) in [5.41, 5.74) is 0.952. The van der Waals surface area contributed by atoms with Gasteiger partial charge >= 0.3 is 0 Å². The summed E-state index contributed by atoms with van der Waals surface area (Å²) in [6, 6.07) is 11.1. The molecule has 1 saturated carbocycles. The molecule has 1 aliphatic carbocycles. The number of rotatable bonds is 4. The summed E-state index contributed by atoms with van der Waals surface area (Å²) in [6.45, 7) is 1.89. The SMILES string of the molecule is Cc1cccc(S(=O)(=O)NC2CC2c2cccs2)c1. The minimum Gasteiger partial charge on any atom is -0.207 e. The standard InChI is InChI=1S/C14H15NO2S2/c1-10-4-2-5-11(8-10)19(16,17)15-13-9-12(13)14-6-3-7-18-14/h2-8,12-13,15H,9H2,1H3. The maximum Gasteiger partial charge on any atom is 0.240 e. The van der Waals surface area contributed by atoms with E-state index in [1.165, 1.54) is 4.88 Å². The normalized spacial score (nSPS) is 22.4. The number of hydrogen-bond acceptors (Lipinski definition) is 3. The molecule has 1 aromatic heterocycles. The van der Waals surface area contributed by atoms with Gasteiger partial charge in [0.1, 0.15) is 0 Å². The molecule has 0 spiro atoms. The van der Waals surface area contributed by atoms with E-state index in [1.54, 1.807) is 29.5 Å². The van der Waals surface area contributed by atoms with E-state index >= 15 is 0 Å². The van der Waals surface area contributed by atoms with Gasteiger partial charge in [-0.25, -0.2) is 13.1 Å². The molecule has 1 aromatic carbocycles. The maximum absolute atomic E-state index is 12.2. The van der Waals surface area contributed by atoms with Crippen LogP contribution in [0.15, 0.2) is 46.7 Å². The Hall–Kier alpha value is -1.17. The second-order valence-corrected chi connectivity index (χ2v) is 7.60. The molecule has 2 aromatic rings. The first-order valence-electron chi connectivity index (χ1n) is 6.19. The molecule has 2 atom stereocenters. The van der Waals surface area contributed by atoms with E-state index < -0.39 is 10.0 Å². The summed E-state index contributed by atoms with van der Waals surface area (Å²) in [4.78, 5) is 1.61. The van der Waals surface area contributed by atoms with Gasteiger partial charge in [-0.2, -0.15) is 0 Å². The summed E-state index contributed by atoms with van der Waals surface area (Å²) in [5.74, 6) is 0.347. The first-order valence-corrected chi connectivity index (χ1v) is 8.55. The molecule has 3 nitrogen and oxygen atoms in total. The van der Waals surface area contributed by atoms with Gasteiger partial charge in [-0.1, -0.05) is 18.2 Å². The van der Waals surface area contributed by atoms with Crippen molar-refractivity contribution in [1.29, 1.82) is 0 Å². The molecular weight excluding hydrogens is 278 g/mol. The van der Waals surface area contributed by atoms with Gasteiger partial charge in [0.15, 0.2) is 0 Å². The molecule has 0 amide bonds. The van der Waals surface area contributed by atoms with E-state index in [-0.39, 0.29) is 6.04 Å². The largest absolute Gasteiger partial charge is 0.240 e. The van der Waals surface area contributed by atoms with Crippen LogP contribution in [0, 0.1) is 6.92 Å². The zero-order valence-corrected chi connectivity index (χ0v) is 12.2. The molecule has 1 aliphatic rings. The molecule has 1 N–H and O–H groups in total. The minimum absolute atomic E-state index is 0.0455. The van der Waals surface area contributed by atoms with Crippen LogP contribution in [0.5, 0.6) is 0 Å². The fourth-order valence-electron chi connectivity index (χ4n) is 2.19. The molecule has 1 heterocycles. The van der Waals surface area contributed by atoms with Crippen LogP contribution in [0.3, 0.4) is 0 Å². The van der Waals surface area contributed by atoms with Crippen molar-refractivity contribution in [1.82, 2.24) is 4.72 Å². The summed E-state index contributed by atoms with van der Waals surface area (Å²) in [6.07, 6.45) is 0.894. The number of nitrogens with one attached hydrogen (secondary N) is 1. The predicted molar refractivity (Wildman–Crippen MR) is 77.0 cm³/mol. The Morgan fingerprint density at radius 2 is 2.11 bits per heavy atom. The average molecular weight is 293 g/mol. The highest BCUT2D eigenvalue weighted by Gasteiger charge is 2.41. The van der Waals surface area contributed by atoms with Crippen molar-refractivity contribution >= 4 is 21.4 Å². The van der Waals surface area contributed by atoms with Crippen LogP contribution in [0.25, 0.3) is 0 Å². The first kappa shape index (κ1) is 12.8. The van der Waals surface area contributed by atoms with E-state index in [1.807, 2.05) is 24.4 Å². The monoisotopic (exact) mass is 293 g/mol. The minimum atomic E-state index is -3.39. The molecule has 3 rings (SSSR count). The van der Waals surface area contributed by atoms with Crippen molar-refractivity contribution in [3.8, 4) is 0 Å². The number of thiophene rings is 1. The Bertz CT molecular complexity index is 677. The molecule has 2 unspecified atom stereocenters. The zero-order chi connectivity index (χ0) is 13.5. The fraction of sp³-hybridized carbons (Fsp3) is 0.286. The Labute approximate surface area is 117 Å². The first-order chi connectivity index (χ1) is 9.06. The van der Waals surface area contributed by atoms with Crippen molar-refractivity contribution in [2.45, 2.75) is 30.2 Å². The number of benzene rings is 1. The highest BCUT2D eigenvalue weighted by Crippen LogP contribution is 2.43. The Balaban J connectivity index is 1.74. The third-order valence-corrected chi connectivity index (χ3v) is 5.80. The number of sulfonamides is 1. The molecule has 0 bridgehead atoms. The zero-order valence-electron chi connectivity index (χ0n) is 10.5. The van der Waals surface area contributed by atoms with Gasteiger partial charge in [-0.15, -0.1) is 11.3 Å². The summed E-state index contributed by atoms with van der Waals surface area (Å²) in [5, 5.41) is 2.03. The van der Waals surface area contributed by atoms with Crippen LogP contribution in [0.1, 0.15) is 22.8 Å². The third kappa shape index (κ3) is 2.73. The predicted octanol–water partition coefficient (Wildman–Crippen LogP) is 2.89. The highest BCUT2D eigenvalue weighted by molar-refractivity contribution is 7.89. The van der Waals surface area contributed by atoms with Gasteiger partial charge in [0.25, 0.3) is 0 Å². The topological polar surface area (TPSA) is 46.2 Å². The van der Waals surface area contributed by atoms with Crippen molar-refractivity contribution in [3.05, 3.63) is 52.2 Å². The van der Waals surface area contributed by atoms with E-state index in [4.69, 9.17) is 0 Å². The van der Waals surface area contributed by atoms with Gasteiger partial charge in [0.05, 0.1) is 4.90 Å². The number of aryl methyl sites for hydroxylation is 1. The lowest BCUT2D eigenvalue weighted by Crippen LogP contribution is -2.26. The van der Waals surface area contributed by atoms with Crippen molar-refractivity contribution in [3.63, 3.8) is 0 Å². The van der Waals surface area contributed by atoms with E-state index in [0.717, 1.165) is 12.0 Å². The smallest absolute Gasteiger partial charge is 0.207 e. The molecule has 0 saturated heterocycles. The van der Waals surface area contributed by atoms with Gasteiger partial charge in [-0.3, -0.25) is 0 Å². The molecule has 1 fully saturated rings. The lowest BCUT2D eigenvalue weighted by molar-refractivity contribution is 0.580. The maximum atomic E-state index is 12.2. The molecule has 19 heavy (non-hydrogen) atoms. The van der Waals surface area contributed by atoms with Crippen LogP contribution in [-0.4, -0.2) is 14.5 Å². The van der Waals surface area contributed by atoms with Crippen LogP contribution >= 0.6 is 11.3 Å². The average Bonchev–Trinajstić information content (AvgIpc) is 2.91. The Morgan fingerprint density at radius 3 is 2.79 bits per heavy atom. The summed E-state index contributed by atoms with van der Waals surface area (Å²) >= 11 is 1.69. The van der Waals surface area contributed by atoms with Gasteiger partial charge in [0.2, 0.25) is 10.0 Å². The Morgan fingerprint density at radius 1 is 1.26 bits per heavy atom. The van der Waals surface area contributed by atoms with Crippen molar-refractivity contribution < 1.29 is 8.42 Å². The van der Waals surface area contributed by atoms with Crippen LogP contribution in [-0.2, 0) is 10.0 Å². The van der Waals surface area contributed by atoms with Crippen molar-refractivity contribution in [2.75, 3.05) is 0 Å². The fourth-order valence-corrected chi connectivity index (χ4v) is 4.49. The van der Waals surface area contributed by atoms with Crippen LogP contribution in [0.2, 0.25) is 0 Å². The molecule has 0 radical (unpaired) electrons. The van der Waals surface area contributed by atoms with E-state index in [2.05, 4.69) is 10.8 Å². The lowest BCUT2D eigenvalue weighted by Gasteiger charge is -2.06. The molecular formula is C14H15NO2S2. The summed E-state index contributed by atoms with van der Waals surface area (Å²) < 4.78 is 27.3. The van der Waals surface area contributed by atoms with Gasteiger partial charge in [0, 0.05) is 16.8 Å². The lowest BCUT2D eigenvalue weighted by atomic mass is 10.2. The molecule has 100 valence electrons.